The molecule has 0 aromatic heterocycles. The molecule has 26 heavy (non-hydrogen) atoms. The number of nitrogens with one attached hydrogen (secondary N) is 1. The van der Waals surface area contributed by atoms with Crippen molar-refractivity contribution in [3.63, 3.8) is 0 Å². The van der Waals surface area contributed by atoms with Gasteiger partial charge in [0.25, 0.3) is 5.91 Å². The van der Waals surface area contributed by atoms with E-state index in [1.54, 1.807) is 0 Å². The van der Waals surface area contributed by atoms with Crippen LogP contribution in [0.25, 0.3) is 0 Å². The summed E-state index contributed by atoms with van der Waals surface area (Å²) in [6, 6.07) is 12.8. The van der Waals surface area contributed by atoms with Crippen LogP contribution in [0.2, 0.25) is 0 Å². The summed E-state index contributed by atoms with van der Waals surface area (Å²) in [6.07, 6.45) is 0. The Kier molecular flexibility index (Phi) is 6.26. The number of hydrogen-bond acceptors (Lipinski definition) is 6. The first-order chi connectivity index (χ1) is 12.4. The van der Waals surface area contributed by atoms with Crippen LogP contribution in [0.4, 0.5) is 5.69 Å². The molecule has 0 unspecified atom stereocenters. The van der Waals surface area contributed by atoms with Crippen LogP contribution in [-0.4, -0.2) is 30.5 Å². The summed E-state index contributed by atoms with van der Waals surface area (Å²) in [6.45, 7) is 1.43. The Morgan fingerprint density at radius 2 is 1.88 bits per heavy atom. The first-order valence-corrected chi connectivity index (χ1v) is 7.76. The number of carbonyl (C=O) groups is 2. The molecule has 0 aliphatic heterocycles. The van der Waals surface area contributed by atoms with Gasteiger partial charge in [0, 0.05) is 6.07 Å². The fourth-order valence-electron chi connectivity index (χ4n) is 2.28. The normalized spacial score (nSPS) is 11.3. The van der Waals surface area contributed by atoms with E-state index in [9.17, 15) is 19.7 Å². The van der Waals surface area contributed by atoms with Gasteiger partial charge in [0.1, 0.15) is 0 Å². The lowest BCUT2D eigenvalue weighted by Gasteiger charge is -2.14. The zero-order valence-corrected chi connectivity index (χ0v) is 14.3. The van der Waals surface area contributed by atoms with Crippen molar-refractivity contribution in [1.82, 2.24) is 5.32 Å². The summed E-state index contributed by atoms with van der Waals surface area (Å²) in [5.41, 5.74) is 0.528. The van der Waals surface area contributed by atoms with Crippen molar-refractivity contribution in [3.05, 3.63) is 69.8 Å². The zero-order chi connectivity index (χ0) is 19.1. The zero-order valence-electron chi connectivity index (χ0n) is 14.3. The third kappa shape index (κ3) is 4.79. The number of benzene rings is 2. The predicted molar refractivity (Wildman–Crippen MR) is 92.9 cm³/mol. The first-order valence-electron chi connectivity index (χ1n) is 7.76. The SMILES string of the molecule is COC(=O)c1ccc(OCC(=O)N[C@@H](C)c2ccccc2)c([N+](=O)[O-])c1. The quantitative estimate of drug-likeness (QED) is 0.463. The fourth-order valence-corrected chi connectivity index (χ4v) is 2.28. The van der Waals surface area contributed by atoms with E-state index >= 15 is 0 Å². The average Bonchev–Trinajstić information content (AvgIpc) is 2.66. The smallest absolute Gasteiger partial charge is 0.338 e. The maximum Gasteiger partial charge on any atom is 0.338 e. The van der Waals surface area contributed by atoms with Crippen LogP contribution in [0.3, 0.4) is 0 Å². The maximum absolute atomic E-state index is 12.0. The number of rotatable bonds is 7. The molecule has 136 valence electrons. The summed E-state index contributed by atoms with van der Waals surface area (Å²) in [7, 11) is 1.18. The molecule has 2 aromatic rings. The molecule has 0 aliphatic rings. The van der Waals surface area contributed by atoms with Gasteiger partial charge in [-0.25, -0.2) is 4.79 Å². The van der Waals surface area contributed by atoms with Crippen molar-refractivity contribution in [2.24, 2.45) is 0 Å². The van der Waals surface area contributed by atoms with Crippen LogP contribution in [0.1, 0.15) is 28.9 Å². The largest absolute Gasteiger partial charge is 0.477 e. The lowest BCUT2D eigenvalue weighted by atomic mass is 10.1. The Balaban J connectivity index is 2.03. The summed E-state index contributed by atoms with van der Waals surface area (Å²) in [5.74, 6) is -1.23. The minimum Gasteiger partial charge on any atom is -0.477 e. The number of nitrogens with zero attached hydrogens (tertiary/aromatic N) is 1. The molecule has 0 saturated heterocycles. The first kappa shape index (κ1) is 18.9. The van der Waals surface area contributed by atoms with E-state index in [2.05, 4.69) is 10.1 Å². The van der Waals surface area contributed by atoms with E-state index in [0.717, 1.165) is 11.6 Å². The second-order valence-corrected chi connectivity index (χ2v) is 5.42. The molecule has 2 rings (SSSR count). The van der Waals surface area contributed by atoms with E-state index in [0.29, 0.717) is 0 Å². The highest BCUT2D eigenvalue weighted by Gasteiger charge is 2.20. The van der Waals surface area contributed by atoms with E-state index in [1.807, 2.05) is 37.3 Å². The molecule has 0 saturated carbocycles. The molecule has 0 radical (unpaired) electrons. The van der Waals surface area contributed by atoms with Gasteiger partial charge in [0.05, 0.1) is 23.6 Å². The van der Waals surface area contributed by atoms with Gasteiger partial charge in [-0.3, -0.25) is 14.9 Å². The van der Waals surface area contributed by atoms with E-state index in [1.165, 1.54) is 19.2 Å². The number of ether oxygens (including phenoxy) is 2. The number of nitro benzene ring substituents is 1. The summed E-state index contributed by atoms with van der Waals surface area (Å²) in [5, 5.41) is 13.9. The second kappa shape index (κ2) is 8.61. The molecule has 0 spiro atoms. The molecule has 1 amide bonds. The Bertz CT molecular complexity index is 807. The summed E-state index contributed by atoms with van der Waals surface area (Å²) >= 11 is 0. The third-order valence-corrected chi connectivity index (χ3v) is 3.61. The van der Waals surface area contributed by atoms with Crippen molar-refractivity contribution >= 4 is 17.6 Å². The molecule has 0 aliphatic carbocycles. The molecule has 8 heteroatoms. The molecular formula is C18H18N2O6. The molecule has 0 bridgehead atoms. The Morgan fingerprint density at radius 1 is 1.19 bits per heavy atom. The number of hydrogen-bond donors (Lipinski definition) is 1. The number of carbonyl (C=O) groups excluding carboxylic acids is 2. The van der Waals surface area contributed by atoms with E-state index in [4.69, 9.17) is 4.74 Å². The van der Waals surface area contributed by atoms with Gasteiger partial charge >= 0.3 is 11.7 Å². The van der Waals surface area contributed by atoms with Gasteiger partial charge in [-0.15, -0.1) is 0 Å². The van der Waals surface area contributed by atoms with Crippen LogP contribution in [0.5, 0.6) is 5.75 Å². The number of nitro groups is 1. The highest BCUT2D eigenvalue weighted by Crippen LogP contribution is 2.28. The topological polar surface area (TPSA) is 108 Å². The minimum atomic E-state index is -0.700. The predicted octanol–water partition coefficient (Wildman–Crippen LogP) is 2.64. The Labute approximate surface area is 149 Å². The minimum absolute atomic E-state index is 0.0219. The monoisotopic (exact) mass is 358 g/mol. The van der Waals surface area contributed by atoms with Gasteiger partial charge in [-0.05, 0) is 24.6 Å². The van der Waals surface area contributed by atoms with Gasteiger partial charge in [-0.2, -0.15) is 0 Å². The summed E-state index contributed by atoms with van der Waals surface area (Å²) < 4.78 is 9.79. The van der Waals surface area contributed by atoms with Gasteiger partial charge in [-0.1, -0.05) is 30.3 Å². The maximum atomic E-state index is 12.0. The van der Waals surface area contributed by atoms with Gasteiger partial charge in [0.15, 0.2) is 12.4 Å². The van der Waals surface area contributed by atoms with Crippen molar-refractivity contribution in [2.75, 3.05) is 13.7 Å². The second-order valence-electron chi connectivity index (χ2n) is 5.42. The highest BCUT2D eigenvalue weighted by atomic mass is 16.6. The Hall–Kier alpha value is -3.42. The molecule has 1 N–H and O–H groups in total. The molecule has 0 heterocycles. The van der Waals surface area contributed by atoms with Crippen LogP contribution < -0.4 is 10.1 Å². The lowest BCUT2D eigenvalue weighted by molar-refractivity contribution is -0.385. The standard InChI is InChI=1S/C18H18N2O6/c1-12(13-6-4-3-5-7-13)19-17(21)11-26-16-9-8-14(18(22)25-2)10-15(16)20(23)24/h3-10,12H,11H2,1-2H3,(H,19,21)/t12-/m0/s1. The van der Waals surface area contributed by atoms with Crippen molar-refractivity contribution < 1.29 is 24.0 Å². The third-order valence-electron chi connectivity index (χ3n) is 3.61. The van der Waals surface area contributed by atoms with Gasteiger partial charge < -0.3 is 14.8 Å². The molecule has 0 fully saturated rings. The van der Waals surface area contributed by atoms with Crippen molar-refractivity contribution in [2.45, 2.75) is 13.0 Å². The average molecular weight is 358 g/mol. The lowest BCUT2D eigenvalue weighted by Crippen LogP contribution is -2.31. The molecule has 1 atom stereocenters. The Morgan fingerprint density at radius 3 is 2.50 bits per heavy atom. The highest BCUT2D eigenvalue weighted by molar-refractivity contribution is 5.90. The van der Waals surface area contributed by atoms with Crippen molar-refractivity contribution in [3.8, 4) is 5.75 Å². The van der Waals surface area contributed by atoms with E-state index in [-0.39, 0.29) is 17.4 Å². The van der Waals surface area contributed by atoms with Crippen LogP contribution in [0.15, 0.2) is 48.5 Å². The van der Waals surface area contributed by atoms with Crippen LogP contribution in [0, 0.1) is 10.1 Å². The van der Waals surface area contributed by atoms with Crippen LogP contribution in [-0.2, 0) is 9.53 Å². The van der Waals surface area contributed by atoms with Crippen molar-refractivity contribution in [1.29, 1.82) is 0 Å². The van der Waals surface area contributed by atoms with E-state index < -0.39 is 29.1 Å². The number of esters is 1. The molecular weight excluding hydrogens is 340 g/mol. The fraction of sp³-hybridized carbons (Fsp3) is 0.222. The molecule has 8 nitrogen and oxygen atoms in total. The van der Waals surface area contributed by atoms with Gasteiger partial charge in [0.2, 0.25) is 0 Å². The molecule has 2 aromatic carbocycles. The summed E-state index contributed by atoms with van der Waals surface area (Å²) in [4.78, 5) is 34.0. The number of methoxy groups -OCH3 is 1. The van der Waals surface area contributed by atoms with Crippen LogP contribution >= 0.6 is 0 Å². The number of amides is 1.